The molecule has 0 bridgehead atoms. The van der Waals surface area contributed by atoms with Crippen molar-refractivity contribution < 1.29 is 18.7 Å². The molecule has 1 atom stereocenters. The van der Waals surface area contributed by atoms with Gasteiger partial charge in [0, 0.05) is 7.05 Å². The van der Waals surface area contributed by atoms with Crippen molar-refractivity contribution in [2.24, 2.45) is 11.5 Å². The molecule has 0 heterocycles. The predicted molar refractivity (Wildman–Crippen MR) is 71.3 cm³/mol. The number of primary amides is 1. The summed E-state index contributed by atoms with van der Waals surface area (Å²) in [5, 5.41) is 0. The van der Waals surface area contributed by atoms with Gasteiger partial charge < -0.3 is 21.1 Å². The highest BCUT2D eigenvalue weighted by Crippen LogP contribution is 2.14. The van der Waals surface area contributed by atoms with Crippen LogP contribution in [-0.4, -0.2) is 43.0 Å². The highest BCUT2D eigenvalue weighted by Gasteiger charge is 2.19. The maximum absolute atomic E-state index is 13.3. The molecule has 20 heavy (non-hydrogen) atoms. The third kappa shape index (κ3) is 4.85. The molecule has 0 aromatic heterocycles. The van der Waals surface area contributed by atoms with Gasteiger partial charge >= 0.3 is 0 Å². The molecule has 2 amide bonds. The smallest absolute Gasteiger partial charge is 0.239 e. The number of nitrogens with two attached hydrogens (primary N) is 2. The van der Waals surface area contributed by atoms with Crippen molar-refractivity contribution in [3.63, 3.8) is 0 Å². The summed E-state index contributed by atoms with van der Waals surface area (Å²) in [6.07, 6.45) is -0.211. The van der Waals surface area contributed by atoms with E-state index in [1.54, 1.807) is 12.1 Å². The first-order valence-corrected chi connectivity index (χ1v) is 6.08. The van der Waals surface area contributed by atoms with Crippen molar-refractivity contribution in [2.75, 3.05) is 20.2 Å². The number of hydrogen-bond donors (Lipinski definition) is 2. The van der Waals surface area contributed by atoms with Crippen LogP contribution in [-0.2, 0) is 9.59 Å². The molecule has 6 nitrogen and oxygen atoms in total. The summed E-state index contributed by atoms with van der Waals surface area (Å²) in [4.78, 5) is 23.7. The number of para-hydroxylation sites is 1. The minimum absolute atomic E-state index is 0.118. The second-order valence-corrected chi connectivity index (χ2v) is 4.32. The number of carbonyl (C=O) groups is 2. The van der Waals surface area contributed by atoms with Gasteiger partial charge in [0.1, 0.15) is 6.61 Å². The van der Waals surface area contributed by atoms with Crippen molar-refractivity contribution in [2.45, 2.75) is 12.5 Å². The van der Waals surface area contributed by atoms with Crippen LogP contribution in [0.1, 0.15) is 6.42 Å². The number of hydrogen-bond acceptors (Lipinski definition) is 4. The van der Waals surface area contributed by atoms with Gasteiger partial charge in [0.05, 0.1) is 19.0 Å². The molecule has 0 saturated carbocycles. The zero-order valence-electron chi connectivity index (χ0n) is 11.2. The first-order chi connectivity index (χ1) is 9.41. The van der Waals surface area contributed by atoms with E-state index >= 15 is 0 Å². The molecule has 1 unspecified atom stereocenters. The highest BCUT2D eigenvalue weighted by molar-refractivity contribution is 5.87. The standard InChI is InChI=1S/C13H18FN3O3/c1-17(13(19)10(15)8-12(16)18)6-7-20-11-5-3-2-4-9(11)14/h2-5,10H,6-8,15H2,1H3,(H2,16,18). The molecule has 1 aromatic carbocycles. The third-order valence-electron chi connectivity index (χ3n) is 2.64. The zero-order chi connectivity index (χ0) is 15.1. The van der Waals surface area contributed by atoms with Gasteiger partial charge in [-0.1, -0.05) is 12.1 Å². The fraction of sp³-hybridized carbons (Fsp3) is 0.385. The van der Waals surface area contributed by atoms with Gasteiger partial charge in [-0.15, -0.1) is 0 Å². The van der Waals surface area contributed by atoms with E-state index in [9.17, 15) is 14.0 Å². The van der Waals surface area contributed by atoms with Crippen molar-refractivity contribution in [3.05, 3.63) is 30.1 Å². The van der Waals surface area contributed by atoms with Gasteiger partial charge in [0.15, 0.2) is 11.6 Å². The van der Waals surface area contributed by atoms with Gasteiger partial charge in [0.2, 0.25) is 11.8 Å². The van der Waals surface area contributed by atoms with E-state index in [1.807, 2.05) is 0 Å². The summed E-state index contributed by atoms with van der Waals surface area (Å²) in [6, 6.07) is 5.02. The second-order valence-electron chi connectivity index (χ2n) is 4.32. The number of rotatable bonds is 7. The van der Waals surface area contributed by atoms with Gasteiger partial charge in [0.25, 0.3) is 0 Å². The lowest BCUT2D eigenvalue weighted by Crippen LogP contribution is -2.45. The summed E-state index contributed by atoms with van der Waals surface area (Å²) >= 11 is 0. The molecule has 0 aliphatic rings. The normalized spacial score (nSPS) is 11.8. The zero-order valence-corrected chi connectivity index (χ0v) is 11.2. The van der Waals surface area contributed by atoms with E-state index in [-0.39, 0.29) is 25.3 Å². The van der Waals surface area contributed by atoms with Gasteiger partial charge in [-0.3, -0.25) is 9.59 Å². The molecule has 0 saturated heterocycles. The summed E-state index contributed by atoms with van der Waals surface area (Å²) in [6.45, 7) is 0.339. The van der Waals surface area contributed by atoms with Crippen molar-refractivity contribution in [1.82, 2.24) is 4.90 Å². The monoisotopic (exact) mass is 283 g/mol. The van der Waals surface area contributed by atoms with E-state index in [1.165, 1.54) is 24.1 Å². The van der Waals surface area contributed by atoms with Crippen molar-refractivity contribution >= 4 is 11.8 Å². The van der Waals surface area contributed by atoms with Gasteiger partial charge in [-0.2, -0.15) is 0 Å². The van der Waals surface area contributed by atoms with Crippen LogP contribution in [0.3, 0.4) is 0 Å². The van der Waals surface area contributed by atoms with E-state index in [0.717, 1.165) is 0 Å². The Balaban J connectivity index is 2.40. The summed E-state index contributed by atoms with van der Waals surface area (Å²) in [5.41, 5.74) is 10.5. The molecule has 7 heteroatoms. The maximum Gasteiger partial charge on any atom is 0.239 e. The number of amides is 2. The lowest BCUT2D eigenvalue weighted by Gasteiger charge is -2.20. The molecule has 1 aromatic rings. The Hall–Kier alpha value is -2.15. The lowest BCUT2D eigenvalue weighted by molar-refractivity contribution is -0.133. The Morgan fingerprint density at radius 3 is 2.65 bits per heavy atom. The first kappa shape index (κ1) is 15.9. The van der Waals surface area contributed by atoms with E-state index in [4.69, 9.17) is 16.2 Å². The van der Waals surface area contributed by atoms with Crippen LogP contribution in [0, 0.1) is 5.82 Å². The van der Waals surface area contributed by atoms with Crippen molar-refractivity contribution in [3.8, 4) is 5.75 Å². The van der Waals surface area contributed by atoms with Gasteiger partial charge in [-0.25, -0.2) is 4.39 Å². The third-order valence-corrected chi connectivity index (χ3v) is 2.64. The quantitative estimate of drug-likeness (QED) is 0.728. The molecule has 0 spiro atoms. The molecule has 110 valence electrons. The second kappa shape index (κ2) is 7.44. The average Bonchev–Trinajstić information content (AvgIpc) is 2.39. The topological polar surface area (TPSA) is 98.7 Å². The molecule has 0 aliphatic heterocycles. The Labute approximate surface area is 116 Å². The first-order valence-electron chi connectivity index (χ1n) is 6.08. The number of nitrogens with zero attached hydrogens (tertiary/aromatic N) is 1. The minimum atomic E-state index is -0.967. The molecule has 0 aliphatic carbocycles. The van der Waals surface area contributed by atoms with Crippen LogP contribution < -0.4 is 16.2 Å². The summed E-state index contributed by atoms with van der Waals surface area (Å²) in [5.74, 6) is -1.40. The van der Waals surface area contributed by atoms with Crippen LogP contribution in [0.4, 0.5) is 4.39 Å². The van der Waals surface area contributed by atoms with Crippen LogP contribution in [0.25, 0.3) is 0 Å². The lowest BCUT2D eigenvalue weighted by atomic mass is 10.2. The predicted octanol–water partition coefficient (Wildman–Crippen LogP) is -0.134. The fourth-order valence-corrected chi connectivity index (χ4v) is 1.55. The number of ether oxygens (including phenoxy) is 1. The largest absolute Gasteiger partial charge is 0.489 e. The summed E-state index contributed by atoms with van der Waals surface area (Å²) < 4.78 is 18.5. The number of likely N-dealkylation sites (N-methyl/N-ethyl adjacent to an activating group) is 1. The molecular weight excluding hydrogens is 265 g/mol. The Morgan fingerprint density at radius 2 is 2.05 bits per heavy atom. The van der Waals surface area contributed by atoms with E-state index < -0.39 is 23.7 Å². The molecular formula is C13H18FN3O3. The van der Waals surface area contributed by atoms with Crippen LogP contribution in [0.2, 0.25) is 0 Å². The highest BCUT2D eigenvalue weighted by atomic mass is 19.1. The van der Waals surface area contributed by atoms with Crippen LogP contribution in [0.5, 0.6) is 5.75 Å². The Bertz CT molecular complexity index is 482. The van der Waals surface area contributed by atoms with E-state index in [0.29, 0.717) is 0 Å². The number of benzene rings is 1. The minimum Gasteiger partial charge on any atom is -0.489 e. The molecule has 4 N–H and O–H groups in total. The van der Waals surface area contributed by atoms with Crippen molar-refractivity contribution in [1.29, 1.82) is 0 Å². The van der Waals surface area contributed by atoms with Crippen LogP contribution in [0.15, 0.2) is 24.3 Å². The van der Waals surface area contributed by atoms with Crippen LogP contribution >= 0.6 is 0 Å². The maximum atomic E-state index is 13.3. The SMILES string of the molecule is CN(CCOc1ccccc1F)C(=O)C(N)CC(N)=O. The van der Waals surface area contributed by atoms with E-state index in [2.05, 4.69) is 0 Å². The van der Waals surface area contributed by atoms with Gasteiger partial charge in [-0.05, 0) is 12.1 Å². The molecule has 1 rings (SSSR count). The number of halogens is 1. The Morgan fingerprint density at radius 1 is 1.40 bits per heavy atom. The molecule has 0 fully saturated rings. The number of carbonyl (C=O) groups excluding carboxylic acids is 2. The molecule has 0 radical (unpaired) electrons. The summed E-state index contributed by atoms with van der Waals surface area (Å²) in [7, 11) is 1.52. The Kier molecular flexibility index (Phi) is 5.92. The average molecular weight is 283 g/mol. The fourth-order valence-electron chi connectivity index (χ4n) is 1.55.